The van der Waals surface area contributed by atoms with Crippen molar-refractivity contribution in [2.75, 3.05) is 5.73 Å². The highest BCUT2D eigenvalue weighted by molar-refractivity contribution is 7.86. The zero-order valence-corrected chi connectivity index (χ0v) is 25.4. The molecule has 24 heteroatoms. The van der Waals surface area contributed by atoms with E-state index in [-0.39, 0.29) is 22.9 Å². The highest BCUT2D eigenvalue weighted by Crippen LogP contribution is 2.48. The number of fused-ring (bicyclic) bond motifs is 1. The monoisotopic (exact) mass is 719 g/mol. The summed E-state index contributed by atoms with van der Waals surface area (Å²) in [6.45, 7) is 0. The minimum Gasteiger partial charge on any atom is -0.505 e. The summed E-state index contributed by atoms with van der Waals surface area (Å²) in [7, 11) is -20.0. The molecule has 0 atom stereocenters. The molecule has 0 aliphatic heterocycles. The van der Waals surface area contributed by atoms with Crippen LogP contribution in [0.25, 0.3) is 10.8 Å². The maximum Gasteiger partial charge on any atom is 0.446 e. The Morgan fingerprint density at radius 3 is 1.30 bits per heavy atom. The molecule has 0 fully saturated rings. The number of aromatic hydroxyl groups is 1. The third-order valence-electron chi connectivity index (χ3n) is 5.48. The molecule has 0 saturated carbocycles. The Bertz CT molecular complexity index is 2200. The number of phenolic OH excluding ortho intramolecular Hbond substituents is 1. The van der Waals surface area contributed by atoms with Crippen LogP contribution in [0.3, 0.4) is 0 Å². The summed E-state index contributed by atoms with van der Waals surface area (Å²) >= 11 is 0. The lowest BCUT2D eigenvalue weighted by Gasteiger charge is -2.14. The number of rotatable bonds is 10. The summed E-state index contributed by atoms with van der Waals surface area (Å²) in [6.07, 6.45) is 0. The van der Waals surface area contributed by atoms with Crippen molar-refractivity contribution in [2.24, 2.45) is 20.5 Å². The van der Waals surface area contributed by atoms with E-state index >= 15 is 0 Å². The normalized spacial score (nSPS) is 13.0. The van der Waals surface area contributed by atoms with E-state index in [1.54, 1.807) is 0 Å². The fraction of sp³-hybridized carbons (Fsp3) is 0. The van der Waals surface area contributed by atoms with Gasteiger partial charge in [-0.2, -0.15) is 43.9 Å². The minimum atomic E-state index is -5.20. The molecule has 0 spiro atoms. The predicted molar refractivity (Wildman–Crippen MR) is 155 cm³/mol. The van der Waals surface area contributed by atoms with Crippen LogP contribution in [-0.2, 0) is 41.0 Å². The van der Waals surface area contributed by atoms with Crippen molar-refractivity contribution in [1.29, 1.82) is 0 Å². The quantitative estimate of drug-likeness (QED) is 0.0770. The summed E-state index contributed by atoms with van der Waals surface area (Å²) in [5, 5.41) is 25.0. The molecule has 0 bridgehead atoms. The van der Waals surface area contributed by atoms with Crippen LogP contribution in [0.15, 0.2) is 90.9 Å². The molecular formula is C22H17N5O15S4. The fourth-order valence-corrected chi connectivity index (χ4v) is 5.74. The molecule has 46 heavy (non-hydrogen) atoms. The number of nitrogens with two attached hydrogens (primary N) is 1. The van der Waals surface area contributed by atoms with Crippen molar-refractivity contribution in [3.05, 3.63) is 60.7 Å². The highest BCUT2D eigenvalue weighted by Gasteiger charge is 2.28. The van der Waals surface area contributed by atoms with Crippen LogP contribution in [0.2, 0.25) is 0 Å². The zero-order chi connectivity index (χ0) is 34.2. The number of nitrogens with zero attached hydrogens (tertiary/aromatic N) is 4. The molecule has 0 aliphatic carbocycles. The summed E-state index contributed by atoms with van der Waals surface area (Å²) in [4.78, 5) is -2.08. The average Bonchev–Trinajstić information content (AvgIpc) is 2.90. The molecule has 7 N–H and O–H groups in total. The first-order chi connectivity index (χ1) is 21.1. The number of nitrogen functional groups attached to an aromatic ring is 1. The van der Waals surface area contributed by atoms with Gasteiger partial charge in [-0.05, 0) is 66.0 Å². The van der Waals surface area contributed by atoms with Crippen LogP contribution in [0.5, 0.6) is 17.2 Å². The maximum absolute atomic E-state index is 12.2. The third-order valence-corrected chi connectivity index (χ3v) is 8.02. The summed E-state index contributed by atoms with van der Waals surface area (Å²) in [5.74, 6) is -1.71. The zero-order valence-electron chi connectivity index (χ0n) is 22.1. The number of hydrogen-bond acceptors (Lipinski definition) is 16. The minimum absolute atomic E-state index is 0.0584. The molecule has 0 heterocycles. The van der Waals surface area contributed by atoms with Gasteiger partial charge in [-0.1, -0.05) is 0 Å². The van der Waals surface area contributed by atoms with Crippen LogP contribution in [0, 0.1) is 0 Å². The molecule has 0 aliphatic rings. The largest absolute Gasteiger partial charge is 0.505 e. The van der Waals surface area contributed by atoms with Gasteiger partial charge in [-0.15, -0.1) is 10.2 Å². The molecular weight excluding hydrogens is 703 g/mol. The van der Waals surface area contributed by atoms with Crippen LogP contribution in [0.4, 0.5) is 28.4 Å². The molecule has 20 nitrogen and oxygen atoms in total. The van der Waals surface area contributed by atoms with E-state index in [0.29, 0.717) is 12.1 Å². The van der Waals surface area contributed by atoms with Gasteiger partial charge >= 0.3 is 20.8 Å². The second-order valence-corrected chi connectivity index (χ2v) is 13.5. The van der Waals surface area contributed by atoms with E-state index in [1.807, 2.05) is 0 Å². The fourth-order valence-electron chi connectivity index (χ4n) is 3.70. The van der Waals surface area contributed by atoms with E-state index in [4.69, 9.17) is 14.8 Å². The molecule has 0 saturated heterocycles. The van der Waals surface area contributed by atoms with Gasteiger partial charge in [0.2, 0.25) is 0 Å². The van der Waals surface area contributed by atoms with E-state index in [2.05, 4.69) is 28.8 Å². The second kappa shape index (κ2) is 12.2. The Hall–Kier alpha value is -4.82. The van der Waals surface area contributed by atoms with Gasteiger partial charge in [0.25, 0.3) is 20.2 Å². The first-order valence-corrected chi connectivity index (χ1v) is 17.2. The summed E-state index contributed by atoms with van der Waals surface area (Å²) in [6, 6.07) is 9.98. The lowest BCUT2D eigenvalue weighted by Crippen LogP contribution is -2.06. The van der Waals surface area contributed by atoms with Crippen LogP contribution in [0.1, 0.15) is 0 Å². The van der Waals surface area contributed by atoms with Crippen molar-refractivity contribution >= 4 is 80.2 Å². The van der Waals surface area contributed by atoms with Crippen molar-refractivity contribution < 1.29 is 65.4 Å². The molecule has 244 valence electrons. The summed E-state index contributed by atoms with van der Waals surface area (Å²) in [5.41, 5.74) is 3.65. The first-order valence-electron chi connectivity index (χ1n) is 11.6. The SMILES string of the molecule is Nc1c(N=Nc2ccc(OS(=O)(=O)O)cc2)c(S(=O)(=O)O)cc2cc(S(=O)(=O)O)c(N=Nc3ccc(OS(=O)(=O)O)cc3)c(O)c12. The van der Waals surface area contributed by atoms with Gasteiger partial charge in [0.1, 0.15) is 32.7 Å². The van der Waals surface area contributed by atoms with Gasteiger partial charge in [0.15, 0.2) is 5.75 Å². The van der Waals surface area contributed by atoms with Crippen molar-refractivity contribution in [1.82, 2.24) is 0 Å². The Morgan fingerprint density at radius 2 is 0.935 bits per heavy atom. The molecule has 4 aromatic carbocycles. The molecule has 0 radical (unpaired) electrons. The Labute approximate surface area is 258 Å². The Morgan fingerprint density at radius 1 is 0.565 bits per heavy atom. The molecule has 0 unspecified atom stereocenters. The van der Waals surface area contributed by atoms with E-state index in [1.165, 1.54) is 0 Å². The maximum atomic E-state index is 12.2. The molecule has 0 amide bonds. The lowest BCUT2D eigenvalue weighted by molar-refractivity contribution is 0.384. The molecule has 4 aromatic rings. The lowest BCUT2D eigenvalue weighted by atomic mass is 10.1. The molecule has 4 rings (SSSR count). The van der Waals surface area contributed by atoms with Gasteiger partial charge < -0.3 is 19.2 Å². The Kier molecular flexibility index (Phi) is 9.01. The van der Waals surface area contributed by atoms with Gasteiger partial charge in [-0.3, -0.25) is 18.2 Å². The van der Waals surface area contributed by atoms with E-state index in [0.717, 1.165) is 48.5 Å². The van der Waals surface area contributed by atoms with Crippen molar-refractivity contribution in [3.63, 3.8) is 0 Å². The number of azo groups is 2. The second-order valence-electron chi connectivity index (χ2n) is 8.67. The standard InChI is InChI=1S/C22H17N5O15S4/c23-19-18-11(9-16(43(29,30)31)20(19)26-24-12-1-5-14(6-2-12)41-45(35,36)37)10-17(44(32,33)34)21(22(18)28)27-25-13-3-7-15(8-4-13)42-46(38,39)40/h1-10,28H,23H2,(H,29,30,31)(H,32,33,34)(H,35,36,37)(H,38,39,40). The highest BCUT2D eigenvalue weighted by atomic mass is 32.3. The first kappa shape index (κ1) is 34.1. The summed E-state index contributed by atoms with van der Waals surface area (Å²) < 4.78 is 138. The number of anilines is 1. The molecule has 0 aromatic heterocycles. The van der Waals surface area contributed by atoms with Crippen LogP contribution in [-0.4, -0.2) is 57.0 Å². The number of hydrogen-bond donors (Lipinski definition) is 6. The van der Waals surface area contributed by atoms with Gasteiger partial charge in [0, 0.05) is 0 Å². The van der Waals surface area contributed by atoms with Gasteiger partial charge in [-0.25, -0.2) is 0 Å². The van der Waals surface area contributed by atoms with Crippen molar-refractivity contribution in [3.8, 4) is 17.2 Å². The van der Waals surface area contributed by atoms with Crippen molar-refractivity contribution in [2.45, 2.75) is 9.79 Å². The predicted octanol–water partition coefficient (Wildman–Crippen LogP) is 3.82. The van der Waals surface area contributed by atoms with E-state index in [9.17, 15) is 47.9 Å². The topological polar surface area (TPSA) is 332 Å². The van der Waals surface area contributed by atoms with Crippen LogP contribution >= 0.6 is 0 Å². The van der Waals surface area contributed by atoms with Crippen LogP contribution < -0.4 is 14.1 Å². The van der Waals surface area contributed by atoms with E-state index < -0.39 is 84.4 Å². The van der Waals surface area contributed by atoms with Gasteiger partial charge in [0.05, 0.1) is 22.4 Å². The Balaban J connectivity index is 1.87. The number of phenols is 1. The third kappa shape index (κ3) is 8.25. The average molecular weight is 720 g/mol. The smallest absolute Gasteiger partial charge is 0.446 e. The number of benzene rings is 4.